The molecule has 0 N–H and O–H groups in total. The molecule has 1 heterocycles. The van der Waals surface area contributed by atoms with Crippen LogP contribution in [0.3, 0.4) is 0 Å². The van der Waals surface area contributed by atoms with Crippen molar-refractivity contribution in [1.82, 2.24) is 0 Å². The molecule has 0 saturated carbocycles. The van der Waals surface area contributed by atoms with Crippen LogP contribution in [-0.2, 0) is 0 Å². The number of rotatable bonds is 4. The second kappa shape index (κ2) is 8.69. The van der Waals surface area contributed by atoms with Crippen molar-refractivity contribution in [2.75, 3.05) is 0 Å². The fraction of sp³-hybridized carbons (Fsp3) is 0.125. The van der Waals surface area contributed by atoms with E-state index >= 15 is 0 Å². The molecule has 0 bridgehead atoms. The standard InChI is InChI=1S/C16H17I2/c1-4-6-8-13(3)11-15-9-10-16(18-15)12-14(17)7-5-2/h4-12H,2H2,1,3H3/q-1/b6-4-,13-8+,14-7+,15-11+,16-12+. The molecule has 18 heavy (non-hydrogen) atoms. The van der Waals surface area contributed by atoms with Gasteiger partial charge in [0.05, 0.1) is 0 Å². The predicted octanol–water partition coefficient (Wildman–Crippen LogP) is 2.44. The zero-order valence-electron chi connectivity index (χ0n) is 10.7. The molecule has 1 aliphatic heterocycles. The number of hydrogen-bond acceptors (Lipinski definition) is 0. The third-order valence-corrected chi connectivity index (χ3v) is 5.35. The van der Waals surface area contributed by atoms with Crippen molar-refractivity contribution in [1.29, 1.82) is 0 Å². The van der Waals surface area contributed by atoms with Gasteiger partial charge in [-0.3, -0.25) is 0 Å². The van der Waals surface area contributed by atoms with Gasteiger partial charge in [0.2, 0.25) is 0 Å². The molecule has 1 rings (SSSR count). The Morgan fingerprint density at radius 2 is 1.89 bits per heavy atom. The van der Waals surface area contributed by atoms with Crippen LogP contribution in [0.15, 0.2) is 77.6 Å². The maximum absolute atomic E-state index is 3.71. The van der Waals surface area contributed by atoms with Gasteiger partial charge in [-0.2, -0.15) is 0 Å². The van der Waals surface area contributed by atoms with E-state index < -0.39 is 0 Å². The van der Waals surface area contributed by atoms with Crippen LogP contribution in [0, 0.1) is 0 Å². The average Bonchev–Trinajstić information content (AvgIpc) is 2.74. The predicted molar refractivity (Wildman–Crippen MR) is 86.2 cm³/mol. The van der Waals surface area contributed by atoms with Gasteiger partial charge >= 0.3 is 135 Å². The Labute approximate surface area is 134 Å². The topological polar surface area (TPSA) is 0 Å². The first-order valence-electron chi connectivity index (χ1n) is 5.70. The molecule has 0 spiro atoms. The van der Waals surface area contributed by atoms with E-state index in [1.807, 2.05) is 19.1 Å². The van der Waals surface area contributed by atoms with Crippen molar-refractivity contribution in [2.24, 2.45) is 0 Å². The molecule has 2 heteroatoms. The van der Waals surface area contributed by atoms with E-state index in [0.29, 0.717) is 0 Å². The first kappa shape index (κ1) is 15.7. The quantitative estimate of drug-likeness (QED) is 0.444. The number of allylic oxidation sites excluding steroid dienone is 13. The van der Waals surface area contributed by atoms with Crippen molar-refractivity contribution in [3.8, 4) is 0 Å². The van der Waals surface area contributed by atoms with E-state index in [1.165, 1.54) is 16.3 Å². The molecule has 1 aliphatic rings. The van der Waals surface area contributed by atoms with Crippen molar-refractivity contribution < 1.29 is 21.2 Å². The summed E-state index contributed by atoms with van der Waals surface area (Å²) < 4.78 is 4.17. The summed E-state index contributed by atoms with van der Waals surface area (Å²) in [7, 11) is 0. The van der Waals surface area contributed by atoms with Gasteiger partial charge in [0, 0.05) is 0 Å². The van der Waals surface area contributed by atoms with Crippen molar-refractivity contribution in [3.05, 3.63) is 77.6 Å². The van der Waals surface area contributed by atoms with E-state index in [1.54, 1.807) is 0 Å². The van der Waals surface area contributed by atoms with Gasteiger partial charge < -0.3 is 0 Å². The molecule has 0 aromatic carbocycles. The van der Waals surface area contributed by atoms with Crippen LogP contribution in [0.4, 0.5) is 0 Å². The van der Waals surface area contributed by atoms with Crippen LogP contribution in [0.1, 0.15) is 13.8 Å². The van der Waals surface area contributed by atoms with Gasteiger partial charge in [-0.05, 0) is 0 Å². The maximum atomic E-state index is 3.71. The van der Waals surface area contributed by atoms with Crippen molar-refractivity contribution in [2.45, 2.75) is 13.8 Å². The minimum absolute atomic E-state index is 0.0178. The summed E-state index contributed by atoms with van der Waals surface area (Å²) in [6, 6.07) is 0. The van der Waals surface area contributed by atoms with Gasteiger partial charge in [0.1, 0.15) is 0 Å². The Kier molecular flexibility index (Phi) is 7.58. The van der Waals surface area contributed by atoms with Crippen molar-refractivity contribution in [3.63, 3.8) is 0 Å². The SMILES string of the molecule is C=C/C=C(I)\C=C1C=C\C(=C/C(C)=C/C=C\C)[I-]/1. The summed E-state index contributed by atoms with van der Waals surface area (Å²) in [5.41, 5.74) is 1.31. The van der Waals surface area contributed by atoms with Crippen LogP contribution in [-0.4, -0.2) is 0 Å². The van der Waals surface area contributed by atoms with Crippen LogP contribution in [0.25, 0.3) is 0 Å². The molecule has 0 saturated heterocycles. The van der Waals surface area contributed by atoms with E-state index in [4.69, 9.17) is 0 Å². The molecule has 0 fully saturated rings. The minimum atomic E-state index is -0.0178. The summed E-state index contributed by atoms with van der Waals surface area (Å²) in [5.74, 6) is 0. The van der Waals surface area contributed by atoms with Gasteiger partial charge in [-0.25, -0.2) is 0 Å². The average molecular weight is 463 g/mol. The van der Waals surface area contributed by atoms with Crippen molar-refractivity contribution >= 4 is 22.6 Å². The van der Waals surface area contributed by atoms with Crippen LogP contribution < -0.4 is 21.2 Å². The third kappa shape index (κ3) is 6.00. The van der Waals surface area contributed by atoms with Crippen LogP contribution in [0.5, 0.6) is 0 Å². The third-order valence-electron chi connectivity index (χ3n) is 2.09. The van der Waals surface area contributed by atoms with Gasteiger partial charge in [0.25, 0.3) is 0 Å². The van der Waals surface area contributed by atoms with Gasteiger partial charge in [-0.1, -0.05) is 0 Å². The van der Waals surface area contributed by atoms with Crippen LogP contribution in [0.2, 0.25) is 0 Å². The second-order valence-electron chi connectivity index (χ2n) is 3.71. The summed E-state index contributed by atoms with van der Waals surface area (Å²) >= 11 is 2.32. The first-order valence-corrected chi connectivity index (χ1v) is 8.93. The Morgan fingerprint density at radius 3 is 2.50 bits per heavy atom. The van der Waals surface area contributed by atoms with E-state index in [2.05, 4.69) is 78.6 Å². The van der Waals surface area contributed by atoms with Crippen LogP contribution >= 0.6 is 22.6 Å². The Bertz CT molecular complexity index is 483. The Morgan fingerprint density at radius 1 is 1.22 bits per heavy atom. The molecule has 0 atom stereocenters. The summed E-state index contributed by atoms with van der Waals surface area (Å²) in [6.07, 6.45) is 19.1. The first-order chi connectivity index (χ1) is 8.65. The van der Waals surface area contributed by atoms with E-state index in [0.717, 1.165) is 0 Å². The van der Waals surface area contributed by atoms with Gasteiger partial charge in [-0.15, -0.1) is 0 Å². The molecular formula is C16H17I2-. The van der Waals surface area contributed by atoms with E-state index in [9.17, 15) is 0 Å². The molecule has 0 unspecified atom stereocenters. The Balaban J connectivity index is 2.74. The molecule has 0 aromatic heterocycles. The summed E-state index contributed by atoms with van der Waals surface area (Å²) in [5, 5.41) is 0. The zero-order valence-corrected chi connectivity index (χ0v) is 15.0. The normalized spacial score (nSPS) is 21.9. The molecule has 0 nitrogen and oxygen atoms in total. The fourth-order valence-electron chi connectivity index (χ4n) is 1.31. The van der Waals surface area contributed by atoms with Gasteiger partial charge in [0.15, 0.2) is 0 Å². The molecule has 96 valence electrons. The number of hydrogen-bond donors (Lipinski definition) is 0. The molecule has 0 aromatic rings. The van der Waals surface area contributed by atoms with E-state index in [-0.39, 0.29) is 21.2 Å². The Hall–Kier alpha value is -0.360. The molecule has 0 amide bonds. The summed E-state index contributed by atoms with van der Waals surface area (Å²) in [4.78, 5) is 0. The monoisotopic (exact) mass is 463 g/mol. The summed E-state index contributed by atoms with van der Waals surface area (Å²) in [6.45, 7) is 7.90. The zero-order chi connectivity index (χ0) is 13.4. The molecule has 0 radical (unpaired) electrons. The molecule has 0 aliphatic carbocycles. The fourth-order valence-corrected chi connectivity index (χ4v) is 5.07. The second-order valence-corrected chi connectivity index (χ2v) is 7.99. The number of halogens is 2. The molecular weight excluding hydrogens is 446 g/mol.